The number of benzene rings is 1. The summed E-state index contributed by atoms with van der Waals surface area (Å²) in [5.41, 5.74) is 0.543. The van der Waals surface area contributed by atoms with Crippen LogP contribution in [-0.2, 0) is 4.74 Å². The second-order valence-electron chi connectivity index (χ2n) is 4.57. The third kappa shape index (κ3) is 6.02. The summed E-state index contributed by atoms with van der Waals surface area (Å²) in [6, 6.07) is 9.16. The molecule has 0 radical (unpaired) electrons. The normalized spacial score (nSPS) is 13.5. The molecule has 0 spiro atoms. The summed E-state index contributed by atoms with van der Waals surface area (Å²) in [5.74, 6) is 0.590. The van der Waals surface area contributed by atoms with Crippen LogP contribution in [0, 0.1) is 11.3 Å². The Labute approximate surface area is 120 Å². The average molecular weight is 278 g/mol. The minimum atomic E-state index is -0.605. The molecule has 0 fully saturated rings. The highest BCUT2D eigenvalue weighted by molar-refractivity contribution is 5.36. The van der Waals surface area contributed by atoms with Gasteiger partial charge in [-0.1, -0.05) is 13.0 Å². The molecule has 0 aliphatic rings. The molecule has 20 heavy (non-hydrogen) atoms. The topological polar surface area (TPSA) is 74.5 Å². The van der Waals surface area contributed by atoms with Crippen LogP contribution in [0.5, 0.6) is 5.75 Å². The smallest absolute Gasteiger partial charge is 0.120 e. The van der Waals surface area contributed by atoms with Gasteiger partial charge in [0.1, 0.15) is 18.5 Å². The Morgan fingerprint density at radius 2 is 2.20 bits per heavy atom. The van der Waals surface area contributed by atoms with Gasteiger partial charge < -0.3 is 19.9 Å². The van der Waals surface area contributed by atoms with Crippen LogP contribution in [0.3, 0.4) is 0 Å². The maximum absolute atomic E-state index is 9.86. The van der Waals surface area contributed by atoms with E-state index in [0.29, 0.717) is 24.5 Å². The number of nitriles is 1. The standard InChI is InChI=1S/C15H22N2O3/c1-3-13(10-19-2)17-9-14(18)11-20-15-6-4-5-12(7-15)8-16/h4-7,13-14,17-18H,3,9-11H2,1-2H3. The lowest BCUT2D eigenvalue weighted by atomic mass is 10.2. The van der Waals surface area contributed by atoms with Gasteiger partial charge in [-0.05, 0) is 24.6 Å². The first-order chi connectivity index (χ1) is 9.69. The Bertz CT molecular complexity index is 431. The molecule has 2 atom stereocenters. The number of aliphatic hydroxyl groups is 1. The minimum Gasteiger partial charge on any atom is -0.491 e. The number of rotatable bonds is 9. The number of aliphatic hydroxyl groups excluding tert-OH is 1. The van der Waals surface area contributed by atoms with Gasteiger partial charge >= 0.3 is 0 Å². The first kappa shape index (κ1) is 16.4. The molecule has 0 bridgehead atoms. The van der Waals surface area contributed by atoms with E-state index in [2.05, 4.69) is 12.2 Å². The molecule has 0 aliphatic heterocycles. The van der Waals surface area contributed by atoms with Gasteiger partial charge in [0.25, 0.3) is 0 Å². The van der Waals surface area contributed by atoms with E-state index in [4.69, 9.17) is 14.7 Å². The molecule has 110 valence electrons. The highest BCUT2D eigenvalue weighted by Crippen LogP contribution is 2.12. The zero-order valence-corrected chi connectivity index (χ0v) is 12.0. The number of ether oxygens (including phenoxy) is 2. The van der Waals surface area contributed by atoms with Gasteiger partial charge in [0.2, 0.25) is 0 Å². The van der Waals surface area contributed by atoms with Crippen LogP contribution in [-0.4, -0.2) is 44.1 Å². The van der Waals surface area contributed by atoms with Crippen molar-refractivity contribution < 1.29 is 14.6 Å². The molecule has 1 rings (SSSR count). The summed E-state index contributed by atoms with van der Waals surface area (Å²) >= 11 is 0. The lowest BCUT2D eigenvalue weighted by Crippen LogP contribution is -2.39. The molecule has 0 saturated heterocycles. The van der Waals surface area contributed by atoms with Gasteiger partial charge in [0.05, 0.1) is 18.2 Å². The van der Waals surface area contributed by atoms with E-state index in [-0.39, 0.29) is 12.6 Å². The molecule has 0 amide bonds. The number of methoxy groups -OCH3 is 1. The molecule has 2 unspecified atom stereocenters. The van der Waals surface area contributed by atoms with Crippen molar-refractivity contribution in [1.29, 1.82) is 5.26 Å². The van der Waals surface area contributed by atoms with Crippen LogP contribution in [0.2, 0.25) is 0 Å². The van der Waals surface area contributed by atoms with E-state index in [1.54, 1.807) is 31.4 Å². The van der Waals surface area contributed by atoms with Crippen molar-refractivity contribution >= 4 is 0 Å². The summed E-state index contributed by atoms with van der Waals surface area (Å²) < 4.78 is 10.5. The Kier molecular flexibility index (Phi) is 7.66. The zero-order valence-electron chi connectivity index (χ0n) is 12.0. The van der Waals surface area contributed by atoms with Crippen LogP contribution < -0.4 is 10.1 Å². The van der Waals surface area contributed by atoms with Crippen molar-refractivity contribution in [3.05, 3.63) is 29.8 Å². The van der Waals surface area contributed by atoms with Crippen molar-refractivity contribution in [3.63, 3.8) is 0 Å². The second kappa shape index (κ2) is 9.32. The van der Waals surface area contributed by atoms with E-state index in [1.807, 2.05) is 6.07 Å². The Balaban J connectivity index is 2.32. The summed E-state index contributed by atoms with van der Waals surface area (Å²) in [4.78, 5) is 0. The van der Waals surface area contributed by atoms with Gasteiger partial charge in [0.15, 0.2) is 0 Å². The summed E-state index contributed by atoms with van der Waals surface area (Å²) in [6.45, 7) is 3.31. The van der Waals surface area contributed by atoms with Crippen LogP contribution >= 0.6 is 0 Å². The molecule has 5 nitrogen and oxygen atoms in total. The second-order valence-corrected chi connectivity index (χ2v) is 4.57. The number of nitrogens with zero attached hydrogens (tertiary/aromatic N) is 1. The quantitative estimate of drug-likeness (QED) is 0.712. The fourth-order valence-electron chi connectivity index (χ4n) is 1.73. The van der Waals surface area contributed by atoms with Crippen LogP contribution in [0.4, 0.5) is 0 Å². The summed E-state index contributed by atoms with van der Waals surface area (Å²) in [7, 11) is 1.66. The molecule has 1 aromatic rings. The number of hydrogen-bond donors (Lipinski definition) is 2. The predicted molar refractivity (Wildman–Crippen MR) is 76.6 cm³/mol. The van der Waals surface area contributed by atoms with E-state index in [1.165, 1.54) is 0 Å². The van der Waals surface area contributed by atoms with Gasteiger partial charge in [0, 0.05) is 19.7 Å². The molecule has 0 saturated carbocycles. The predicted octanol–water partition coefficient (Wildman–Crippen LogP) is 1.31. The summed E-state index contributed by atoms with van der Waals surface area (Å²) in [6.07, 6.45) is 0.331. The molecule has 0 heterocycles. The first-order valence-corrected chi connectivity index (χ1v) is 6.73. The lowest BCUT2D eigenvalue weighted by molar-refractivity contribution is 0.0953. The molecule has 2 N–H and O–H groups in total. The van der Waals surface area contributed by atoms with Crippen molar-refractivity contribution in [1.82, 2.24) is 5.32 Å². The Hall–Kier alpha value is -1.61. The highest BCUT2D eigenvalue weighted by Gasteiger charge is 2.10. The minimum absolute atomic E-state index is 0.186. The fourth-order valence-corrected chi connectivity index (χ4v) is 1.73. The van der Waals surface area contributed by atoms with E-state index >= 15 is 0 Å². The third-order valence-corrected chi connectivity index (χ3v) is 2.91. The van der Waals surface area contributed by atoms with Gasteiger partial charge in [-0.2, -0.15) is 5.26 Å². The molecule has 1 aromatic carbocycles. The SMILES string of the molecule is CCC(COC)NCC(O)COc1cccc(C#N)c1. The van der Waals surface area contributed by atoms with Crippen molar-refractivity contribution in [2.75, 3.05) is 26.9 Å². The zero-order chi connectivity index (χ0) is 14.8. The van der Waals surface area contributed by atoms with Crippen molar-refractivity contribution in [2.24, 2.45) is 0 Å². The van der Waals surface area contributed by atoms with Gasteiger partial charge in [-0.25, -0.2) is 0 Å². The molecule has 0 aromatic heterocycles. The molecular weight excluding hydrogens is 256 g/mol. The van der Waals surface area contributed by atoms with Gasteiger partial charge in [-0.15, -0.1) is 0 Å². The average Bonchev–Trinajstić information content (AvgIpc) is 2.49. The first-order valence-electron chi connectivity index (χ1n) is 6.73. The highest BCUT2D eigenvalue weighted by atomic mass is 16.5. The number of hydrogen-bond acceptors (Lipinski definition) is 5. The van der Waals surface area contributed by atoms with Crippen LogP contribution in [0.25, 0.3) is 0 Å². The maximum atomic E-state index is 9.86. The third-order valence-electron chi connectivity index (χ3n) is 2.91. The lowest BCUT2D eigenvalue weighted by Gasteiger charge is -2.19. The molecule has 0 aliphatic carbocycles. The van der Waals surface area contributed by atoms with E-state index < -0.39 is 6.10 Å². The Morgan fingerprint density at radius 3 is 2.85 bits per heavy atom. The Morgan fingerprint density at radius 1 is 1.40 bits per heavy atom. The number of nitrogens with one attached hydrogen (secondary N) is 1. The molecular formula is C15H22N2O3. The van der Waals surface area contributed by atoms with Crippen LogP contribution in [0.1, 0.15) is 18.9 Å². The monoisotopic (exact) mass is 278 g/mol. The fraction of sp³-hybridized carbons (Fsp3) is 0.533. The van der Waals surface area contributed by atoms with E-state index in [0.717, 1.165) is 6.42 Å². The molecule has 5 heteroatoms. The maximum Gasteiger partial charge on any atom is 0.120 e. The van der Waals surface area contributed by atoms with Crippen molar-refractivity contribution in [2.45, 2.75) is 25.5 Å². The van der Waals surface area contributed by atoms with Crippen molar-refractivity contribution in [3.8, 4) is 11.8 Å². The largest absolute Gasteiger partial charge is 0.491 e. The van der Waals surface area contributed by atoms with Crippen LogP contribution in [0.15, 0.2) is 24.3 Å². The summed E-state index contributed by atoms with van der Waals surface area (Å²) in [5, 5.41) is 21.9. The van der Waals surface area contributed by atoms with E-state index in [9.17, 15) is 5.11 Å². The van der Waals surface area contributed by atoms with Gasteiger partial charge in [-0.3, -0.25) is 0 Å².